The minimum atomic E-state index is -0.906. The number of rotatable bonds is 13. The van der Waals surface area contributed by atoms with Crippen LogP contribution >= 0.6 is 0 Å². The molecule has 0 saturated carbocycles. The van der Waals surface area contributed by atoms with Gasteiger partial charge in [0.15, 0.2) is 0 Å². The Hall–Kier alpha value is -0.870. The standard InChI is InChI=1S/C16H31NO3/c1-3-4-5-6-7-8-9-10-11-12-15(18)14(2)17-13-16(19)20/h11-12,14-15,17-18H,3-10,13H2,1-2H3,(H,19,20)/b12-11+/t14-,15-/m0/s1. The van der Waals surface area contributed by atoms with Gasteiger partial charge in [0, 0.05) is 6.04 Å². The monoisotopic (exact) mass is 285 g/mol. The van der Waals surface area contributed by atoms with E-state index in [-0.39, 0.29) is 12.6 Å². The lowest BCUT2D eigenvalue weighted by Crippen LogP contribution is -2.39. The van der Waals surface area contributed by atoms with E-state index in [4.69, 9.17) is 5.11 Å². The molecule has 0 fully saturated rings. The smallest absolute Gasteiger partial charge is 0.317 e. The highest BCUT2D eigenvalue weighted by Gasteiger charge is 2.10. The lowest BCUT2D eigenvalue weighted by molar-refractivity contribution is -0.136. The van der Waals surface area contributed by atoms with Crippen molar-refractivity contribution in [2.75, 3.05) is 6.54 Å². The summed E-state index contributed by atoms with van der Waals surface area (Å²) < 4.78 is 0. The van der Waals surface area contributed by atoms with E-state index in [1.165, 1.54) is 38.5 Å². The molecular weight excluding hydrogens is 254 g/mol. The number of carboxylic acid groups (broad SMARTS) is 1. The lowest BCUT2D eigenvalue weighted by atomic mass is 10.1. The summed E-state index contributed by atoms with van der Waals surface area (Å²) in [4.78, 5) is 10.4. The Bertz CT molecular complexity index is 266. The molecule has 3 N–H and O–H groups in total. The second kappa shape index (κ2) is 13.1. The summed E-state index contributed by atoms with van der Waals surface area (Å²) in [5.41, 5.74) is 0. The first kappa shape index (κ1) is 19.1. The molecule has 0 aliphatic heterocycles. The van der Waals surface area contributed by atoms with E-state index < -0.39 is 12.1 Å². The molecule has 0 aromatic heterocycles. The number of hydrogen-bond acceptors (Lipinski definition) is 3. The van der Waals surface area contributed by atoms with Gasteiger partial charge in [-0.25, -0.2) is 0 Å². The Labute approximate surface area is 123 Å². The fraction of sp³-hybridized carbons (Fsp3) is 0.812. The summed E-state index contributed by atoms with van der Waals surface area (Å²) in [6.07, 6.45) is 13.1. The molecule has 20 heavy (non-hydrogen) atoms. The SMILES string of the molecule is CCCCCCCCC/C=C/[C@H](O)[C@H](C)NCC(=O)O. The second-order valence-electron chi connectivity index (χ2n) is 5.39. The maximum Gasteiger partial charge on any atom is 0.317 e. The fourth-order valence-corrected chi connectivity index (χ4v) is 1.99. The van der Waals surface area contributed by atoms with Crippen LogP contribution in [0.3, 0.4) is 0 Å². The van der Waals surface area contributed by atoms with E-state index in [2.05, 4.69) is 12.2 Å². The molecule has 0 amide bonds. The molecule has 2 atom stereocenters. The average molecular weight is 285 g/mol. The molecule has 0 unspecified atom stereocenters. The van der Waals surface area contributed by atoms with Crippen molar-refractivity contribution in [1.29, 1.82) is 0 Å². The Kier molecular flexibility index (Phi) is 12.6. The molecule has 0 rings (SSSR count). The zero-order valence-electron chi connectivity index (χ0n) is 13.0. The average Bonchev–Trinajstić information content (AvgIpc) is 2.42. The van der Waals surface area contributed by atoms with Crippen LogP contribution in [-0.4, -0.2) is 34.9 Å². The van der Waals surface area contributed by atoms with Crippen molar-refractivity contribution in [3.63, 3.8) is 0 Å². The van der Waals surface area contributed by atoms with Crippen molar-refractivity contribution in [3.05, 3.63) is 12.2 Å². The summed E-state index contributed by atoms with van der Waals surface area (Å²) >= 11 is 0. The topological polar surface area (TPSA) is 69.6 Å². The molecule has 0 aliphatic rings. The first-order valence-corrected chi connectivity index (χ1v) is 7.87. The highest BCUT2D eigenvalue weighted by atomic mass is 16.4. The van der Waals surface area contributed by atoms with Crippen molar-refractivity contribution in [2.24, 2.45) is 0 Å². The predicted molar refractivity (Wildman–Crippen MR) is 82.9 cm³/mol. The van der Waals surface area contributed by atoms with Crippen LogP contribution in [-0.2, 0) is 4.79 Å². The summed E-state index contributed by atoms with van der Waals surface area (Å²) in [7, 11) is 0. The molecule has 4 heteroatoms. The molecule has 0 radical (unpaired) electrons. The zero-order chi connectivity index (χ0) is 15.2. The number of unbranched alkanes of at least 4 members (excludes halogenated alkanes) is 7. The number of aliphatic hydroxyl groups is 1. The lowest BCUT2D eigenvalue weighted by Gasteiger charge is -2.15. The third kappa shape index (κ3) is 12.2. The largest absolute Gasteiger partial charge is 0.480 e. The highest BCUT2D eigenvalue weighted by Crippen LogP contribution is 2.09. The molecular formula is C16H31NO3. The van der Waals surface area contributed by atoms with Gasteiger partial charge in [0.25, 0.3) is 0 Å². The number of hydrogen-bond donors (Lipinski definition) is 3. The fourth-order valence-electron chi connectivity index (χ4n) is 1.99. The number of allylic oxidation sites excluding steroid dienone is 1. The first-order valence-electron chi connectivity index (χ1n) is 7.87. The van der Waals surface area contributed by atoms with E-state index in [1.807, 2.05) is 6.08 Å². The Morgan fingerprint density at radius 2 is 1.75 bits per heavy atom. The Morgan fingerprint density at radius 3 is 2.35 bits per heavy atom. The van der Waals surface area contributed by atoms with Gasteiger partial charge in [0.1, 0.15) is 0 Å². The molecule has 0 aromatic rings. The van der Waals surface area contributed by atoms with Crippen LogP contribution < -0.4 is 5.32 Å². The summed E-state index contributed by atoms with van der Waals surface area (Å²) in [6, 6.07) is -0.239. The van der Waals surface area contributed by atoms with E-state index in [0.717, 1.165) is 12.8 Å². The van der Waals surface area contributed by atoms with Crippen molar-refractivity contribution in [3.8, 4) is 0 Å². The second-order valence-corrected chi connectivity index (χ2v) is 5.39. The molecule has 0 spiro atoms. The first-order chi connectivity index (χ1) is 9.57. The molecule has 4 nitrogen and oxygen atoms in total. The van der Waals surface area contributed by atoms with Crippen LogP contribution in [0.5, 0.6) is 0 Å². The Morgan fingerprint density at radius 1 is 1.15 bits per heavy atom. The van der Waals surface area contributed by atoms with Gasteiger partial charge < -0.3 is 15.5 Å². The molecule has 0 bridgehead atoms. The van der Waals surface area contributed by atoms with Gasteiger partial charge in [-0.2, -0.15) is 0 Å². The number of carboxylic acids is 1. The van der Waals surface area contributed by atoms with Crippen molar-refractivity contribution >= 4 is 5.97 Å². The van der Waals surface area contributed by atoms with E-state index in [9.17, 15) is 9.90 Å². The zero-order valence-corrected chi connectivity index (χ0v) is 13.0. The number of aliphatic hydroxyl groups excluding tert-OH is 1. The number of aliphatic carboxylic acids is 1. The van der Waals surface area contributed by atoms with Crippen LogP contribution in [0, 0.1) is 0 Å². The van der Waals surface area contributed by atoms with Crippen LogP contribution in [0.25, 0.3) is 0 Å². The molecule has 0 aromatic carbocycles. The maximum absolute atomic E-state index is 10.4. The van der Waals surface area contributed by atoms with Crippen LogP contribution in [0.15, 0.2) is 12.2 Å². The molecule has 0 aliphatic carbocycles. The van der Waals surface area contributed by atoms with Crippen molar-refractivity contribution in [1.82, 2.24) is 5.32 Å². The maximum atomic E-state index is 10.4. The summed E-state index contributed by atoms with van der Waals surface area (Å²) in [5.74, 6) is -0.906. The minimum absolute atomic E-state index is 0.121. The van der Waals surface area contributed by atoms with Gasteiger partial charge in [-0.15, -0.1) is 0 Å². The molecule has 0 heterocycles. The van der Waals surface area contributed by atoms with Crippen LogP contribution in [0.4, 0.5) is 0 Å². The van der Waals surface area contributed by atoms with Gasteiger partial charge in [-0.05, 0) is 19.8 Å². The number of carbonyl (C=O) groups is 1. The number of nitrogens with one attached hydrogen (secondary N) is 1. The van der Waals surface area contributed by atoms with Crippen molar-refractivity contribution < 1.29 is 15.0 Å². The highest BCUT2D eigenvalue weighted by molar-refractivity contribution is 5.69. The van der Waals surface area contributed by atoms with Crippen LogP contribution in [0.2, 0.25) is 0 Å². The third-order valence-corrected chi connectivity index (χ3v) is 3.40. The van der Waals surface area contributed by atoms with Gasteiger partial charge in [-0.1, -0.05) is 57.6 Å². The third-order valence-electron chi connectivity index (χ3n) is 3.40. The molecule has 118 valence electrons. The molecule has 0 saturated heterocycles. The summed E-state index contributed by atoms with van der Waals surface area (Å²) in [6.45, 7) is 3.89. The van der Waals surface area contributed by atoms with Crippen LogP contribution in [0.1, 0.15) is 65.2 Å². The van der Waals surface area contributed by atoms with Crippen molar-refractivity contribution in [2.45, 2.75) is 77.4 Å². The predicted octanol–water partition coefficient (Wildman–Crippen LogP) is 3.11. The van der Waals surface area contributed by atoms with Gasteiger partial charge in [0.2, 0.25) is 0 Å². The van der Waals surface area contributed by atoms with Gasteiger partial charge >= 0.3 is 5.97 Å². The quantitative estimate of drug-likeness (QED) is 0.359. The van der Waals surface area contributed by atoms with Gasteiger partial charge in [0.05, 0.1) is 12.6 Å². The minimum Gasteiger partial charge on any atom is -0.480 e. The van der Waals surface area contributed by atoms with Gasteiger partial charge in [-0.3, -0.25) is 4.79 Å². The Balaban J connectivity index is 3.51. The normalized spacial score (nSPS) is 14.6. The summed E-state index contributed by atoms with van der Waals surface area (Å²) in [5, 5.41) is 21.1. The van der Waals surface area contributed by atoms with E-state index in [1.54, 1.807) is 13.0 Å². The van der Waals surface area contributed by atoms with E-state index >= 15 is 0 Å². The van der Waals surface area contributed by atoms with E-state index in [0.29, 0.717) is 0 Å².